The number of benzene rings is 3. The van der Waals surface area contributed by atoms with Crippen molar-refractivity contribution >= 4 is 44.2 Å². The van der Waals surface area contributed by atoms with Crippen LogP contribution in [0.15, 0.2) is 93.3 Å². The monoisotopic (exact) mass is 471 g/mol. The lowest BCUT2D eigenvalue weighted by Crippen LogP contribution is -2.23. The third-order valence-corrected chi connectivity index (χ3v) is 6.90. The summed E-state index contributed by atoms with van der Waals surface area (Å²) in [6, 6.07) is 23.7. The first-order valence-corrected chi connectivity index (χ1v) is 11.8. The molecule has 0 saturated heterocycles. The van der Waals surface area contributed by atoms with Crippen molar-refractivity contribution in [2.24, 2.45) is 9.50 Å². The number of hydrazone groups is 1. The van der Waals surface area contributed by atoms with E-state index in [1.54, 1.807) is 0 Å². The van der Waals surface area contributed by atoms with Gasteiger partial charge in [0.25, 0.3) is 10.0 Å². The lowest BCUT2D eigenvalue weighted by molar-refractivity contribution is 0.483. The highest BCUT2D eigenvalue weighted by atomic mass is 35.5. The Kier molecular flexibility index (Phi) is 6.14. The van der Waals surface area contributed by atoms with Gasteiger partial charge in [0.2, 0.25) is 5.29 Å². The molecule has 1 unspecified atom stereocenters. The molecule has 0 aliphatic carbocycles. The first-order valence-electron chi connectivity index (χ1n) is 9.57. The molecule has 158 valence electrons. The lowest BCUT2D eigenvalue weighted by Gasteiger charge is -2.15. The predicted molar refractivity (Wildman–Crippen MR) is 126 cm³/mol. The quantitative estimate of drug-likeness (QED) is 0.289. The Balaban J connectivity index is 1.70. The van der Waals surface area contributed by atoms with Gasteiger partial charge in [0.15, 0.2) is 0 Å². The summed E-state index contributed by atoms with van der Waals surface area (Å²) in [5.41, 5.74) is 3.97. The highest BCUT2D eigenvalue weighted by Crippen LogP contribution is 2.30. The van der Waals surface area contributed by atoms with Gasteiger partial charge in [0.1, 0.15) is 0 Å². The van der Waals surface area contributed by atoms with Gasteiger partial charge in [-0.25, -0.2) is 5.01 Å². The smallest absolute Gasteiger partial charge is 0.236 e. The van der Waals surface area contributed by atoms with E-state index in [4.69, 9.17) is 23.2 Å². The molecule has 4 rings (SSSR count). The molecule has 1 heterocycles. The maximum Gasteiger partial charge on any atom is 0.285 e. The van der Waals surface area contributed by atoms with E-state index in [1.807, 2.05) is 61.5 Å². The topological polar surface area (TPSA) is 62.1 Å². The van der Waals surface area contributed by atoms with E-state index in [9.17, 15) is 8.42 Å². The van der Waals surface area contributed by atoms with Gasteiger partial charge >= 0.3 is 0 Å². The number of halogens is 2. The number of rotatable bonds is 4. The zero-order valence-corrected chi connectivity index (χ0v) is 18.9. The van der Waals surface area contributed by atoms with Gasteiger partial charge in [-0.05, 0) is 53.9 Å². The second kappa shape index (κ2) is 8.83. The molecule has 0 N–H and O–H groups in total. The summed E-state index contributed by atoms with van der Waals surface area (Å²) < 4.78 is 29.1. The Hall–Kier alpha value is -2.67. The standard InChI is InChI=1S/C23H19Cl2N3O2S/c1-16-7-9-18(10-8-16)22-21(17-5-3-2-4-6-17)15-28(26-22)23(25)27-31(29,30)20-13-11-19(24)12-14-20/h2-14,21H,15H2,1H3/b27-23+. The van der Waals surface area contributed by atoms with Crippen LogP contribution in [0.4, 0.5) is 0 Å². The summed E-state index contributed by atoms with van der Waals surface area (Å²) in [4.78, 5) is 0.0107. The van der Waals surface area contributed by atoms with Gasteiger partial charge < -0.3 is 0 Å². The minimum Gasteiger partial charge on any atom is -0.236 e. The molecule has 0 spiro atoms. The molecule has 0 fully saturated rings. The van der Waals surface area contributed by atoms with Crippen LogP contribution < -0.4 is 0 Å². The van der Waals surface area contributed by atoms with Crippen molar-refractivity contribution in [1.82, 2.24) is 5.01 Å². The predicted octanol–water partition coefficient (Wildman–Crippen LogP) is 5.44. The summed E-state index contributed by atoms with van der Waals surface area (Å²) >= 11 is 12.2. The molecular formula is C23H19Cl2N3O2S. The summed E-state index contributed by atoms with van der Waals surface area (Å²) in [7, 11) is -4.00. The Morgan fingerprint density at radius 1 is 1.00 bits per heavy atom. The average molecular weight is 472 g/mol. The summed E-state index contributed by atoms with van der Waals surface area (Å²) in [6.07, 6.45) is 0. The second-order valence-corrected chi connectivity index (χ2v) is 9.56. The van der Waals surface area contributed by atoms with Crippen molar-refractivity contribution < 1.29 is 8.42 Å². The molecule has 1 atom stereocenters. The first-order chi connectivity index (χ1) is 14.8. The minimum atomic E-state index is -4.00. The summed E-state index contributed by atoms with van der Waals surface area (Å²) in [5, 5.41) is 6.30. The van der Waals surface area contributed by atoms with Crippen molar-refractivity contribution in [3.05, 3.63) is 101 Å². The zero-order chi connectivity index (χ0) is 22.0. The van der Waals surface area contributed by atoms with Crippen LogP contribution in [0.1, 0.15) is 22.6 Å². The van der Waals surface area contributed by atoms with Gasteiger partial charge in [0.05, 0.1) is 17.2 Å². The fourth-order valence-corrected chi connectivity index (χ4v) is 4.74. The average Bonchev–Trinajstić information content (AvgIpc) is 3.21. The Morgan fingerprint density at radius 3 is 2.29 bits per heavy atom. The third kappa shape index (κ3) is 4.82. The number of nitrogens with zero attached hydrogens (tertiary/aromatic N) is 3. The molecule has 1 aliphatic rings. The lowest BCUT2D eigenvalue weighted by atomic mass is 9.90. The first kappa shape index (κ1) is 21.6. The molecule has 1 aliphatic heterocycles. The van der Waals surface area contributed by atoms with Crippen LogP contribution in [0.3, 0.4) is 0 Å². The second-order valence-electron chi connectivity index (χ2n) is 7.19. The molecule has 3 aromatic carbocycles. The number of aryl methyl sites for hydroxylation is 1. The summed E-state index contributed by atoms with van der Waals surface area (Å²) in [5.74, 6) is -0.0777. The number of hydrogen-bond donors (Lipinski definition) is 0. The van der Waals surface area contributed by atoms with Crippen molar-refractivity contribution in [2.45, 2.75) is 17.7 Å². The van der Waals surface area contributed by atoms with E-state index in [2.05, 4.69) is 9.50 Å². The molecule has 5 nitrogen and oxygen atoms in total. The fourth-order valence-electron chi connectivity index (χ4n) is 3.35. The van der Waals surface area contributed by atoms with Gasteiger partial charge in [-0.2, -0.15) is 13.5 Å². The third-order valence-electron chi connectivity index (χ3n) is 4.98. The highest BCUT2D eigenvalue weighted by Gasteiger charge is 2.31. The SMILES string of the molecule is Cc1ccc(C2=NN(/C(Cl)=N/S(=O)(=O)c3ccc(Cl)cc3)CC2c2ccccc2)cc1. The number of sulfonamides is 1. The molecule has 31 heavy (non-hydrogen) atoms. The van der Waals surface area contributed by atoms with Crippen LogP contribution >= 0.6 is 23.2 Å². The molecule has 0 saturated carbocycles. The Labute approximate surface area is 191 Å². The highest BCUT2D eigenvalue weighted by molar-refractivity contribution is 7.90. The van der Waals surface area contributed by atoms with Gasteiger partial charge in [-0.15, -0.1) is 4.40 Å². The van der Waals surface area contributed by atoms with Crippen molar-refractivity contribution in [3.8, 4) is 0 Å². The van der Waals surface area contributed by atoms with Crippen LogP contribution in [0.25, 0.3) is 0 Å². The molecule has 0 amide bonds. The van der Waals surface area contributed by atoms with Gasteiger partial charge in [-0.3, -0.25) is 0 Å². The molecule has 0 bridgehead atoms. The van der Waals surface area contributed by atoms with Crippen LogP contribution in [-0.2, 0) is 10.0 Å². The van der Waals surface area contributed by atoms with E-state index in [0.717, 1.165) is 22.4 Å². The Morgan fingerprint density at radius 2 is 1.65 bits per heavy atom. The van der Waals surface area contributed by atoms with Gasteiger partial charge in [-0.1, -0.05) is 71.8 Å². The van der Waals surface area contributed by atoms with Crippen LogP contribution in [0.2, 0.25) is 5.02 Å². The van der Waals surface area contributed by atoms with E-state index in [1.165, 1.54) is 29.3 Å². The normalized spacial score (nSPS) is 17.0. The molecular weight excluding hydrogens is 453 g/mol. The number of amidine groups is 1. The zero-order valence-electron chi connectivity index (χ0n) is 16.6. The summed E-state index contributed by atoms with van der Waals surface area (Å²) in [6.45, 7) is 2.40. The van der Waals surface area contributed by atoms with Crippen LogP contribution in [-0.4, -0.2) is 31.0 Å². The van der Waals surface area contributed by atoms with E-state index in [-0.39, 0.29) is 16.1 Å². The minimum absolute atomic E-state index is 0.0107. The molecule has 8 heteroatoms. The van der Waals surface area contributed by atoms with Crippen LogP contribution in [0.5, 0.6) is 0 Å². The fraction of sp³-hybridized carbons (Fsp3) is 0.130. The Bertz CT molecular complexity index is 1240. The largest absolute Gasteiger partial charge is 0.285 e. The maximum absolute atomic E-state index is 12.7. The molecule has 3 aromatic rings. The maximum atomic E-state index is 12.7. The van der Waals surface area contributed by atoms with Crippen LogP contribution in [0, 0.1) is 6.92 Å². The van der Waals surface area contributed by atoms with E-state index in [0.29, 0.717) is 11.6 Å². The van der Waals surface area contributed by atoms with Crippen molar-refractivity contribution in [3.63, 3.8) is 0 Å². The number of hydrogen-bond acceptors (Lipinski definition) is 3. The molecule has 0 aromatic heterocycles. The molecule has 0 radical (unpaired) electrons. The van der Waals surface area contributed by atoms with E-state index < -0.39 is 10.0 Å². The van der Waals surface area contributed by atoms with Crippen molar-refractivity contribution in [2.75, 3.05) is 6.54 Å². The van der Waals surface area contributed by atoms with E-state index >= 15 is 0 Å². The van der Waals surface area contributed by atoms with Crippen molar-refractivity contribution in [1.29, 1.82) is 0 Å². The van der Waals surface area contributed by atoms with Gasteiger partial charge in [0, 0.05) is 10.9 Å².